The Hall–Kier alpha value is -2.20. The van der Waals surface area contributed by atoms with E-state index in [-0.39, 0.29) is 6.10 Å². The Morgan fingerprint density at radius 2 is 1.59 bits per heavy atom. The van der Waals surface area contributed by atoms with Gasteiger partial charge in [0.2, 0.25) is 5.88 Å². The summed E-state index contributed by atoms with van der Waals surface area (Å²) >= 11 is 13.9. The van der Waals surface area contributed by atoms with Gasteiger partial charge >= 0.3 is 7.12 Å². The average molecular weight is 542 g/mol. The topological polar surface area (TPSA) is 76.9 Å². The molecule has 3 aromatic rings. The zero-order valence-electron chi connectivity index (χ0n) is 21.6. The molecule has 2 aliphatic heterocycles. The van der Waals surface area contributed by atoms with Gasteiger partial charge in [-0.3, -0.25) is 9.88 Å². The molecule has 0 amide bonds. The highest BCUT2D eigenvalue weighted by Crippen LogP contribution is 2.41. The van der Waals surface area contributed by atoms with Gasteiger partial charge in [0.15, 0.2) is 0 Å². The van der Waals surface area contributed by atoms with Crippen molar-refractivity contribution >= 4 is 35.8 Å². The van der Waals surface area contributed by atoms with E-state index in [0.717, 1.165) is 16.6 Å². The SMILES string of the molecule is COc1nc(-c2cccc(-c3cccc(B4OC(C)(C)C(C)(C)O4)c3Cl)c2Cl)cnc1CN1CC(O)C1. The lowest BCUT2D eigenvalue weighted by atomic mass is 9.77. The molecule has 2 saturated heterocycles. The van der Waals surface area contributed by atoms with Crippen LogP contribution in [0.15, 0.2) is 42.6 Å². The quantitative estimate of drug-likeness (QED) is 0.457. The Labute approximate surface area is 227 Å². The molecule has 7 nitrogen and oxygen atoms in total. The van der Waals surface area contributed by atoms with Crippen molar-refractivity contribution in [1.29, 1.82) is 0 Å². The molecule has 3 heterocycles. The number of ether oxygens (including phenoxy) is 1. The van der Waals surface area contributed by atoms with Crippen LogP contribution in [0.3, 0.4) is 0 Å². The largest absolute Gasteiger partial charge is 0.496 e. The zero-order chi connectivity index (χ0) is 26.5. The van der Waals surface area contributed by atoms with Crippen LogP contribution in [0.1, 0.15) is 33.4 Å². The Kier molecular flexibility index (Phi) is 7.02. The third kappa shape index (κ3) is 4.87. The van der Waals surface area contributed by atoms with Crippen molar-refractivity contribution in [2.75, 3.05) is 20.2 Å². The molecule has 0 atom stereocenters. The number of methoxy groups -OCH3 is 1. The molecule has 37 heavy (non-hydrogen) atoms. The zero-order valence-corrected chi connectivity index (χ0v) is 23.1. The van der Waals surface area contributed by atoms with E-state index in [1.165, 1.54) is 0 Å². The number of hydrogen-bond donors (Lipinski definition) is 1. The Bertz CT molecular complexity index is 1310. The molecule has 0 saturated carbocycles. The van der Waals surface area contributed by atoms with Gasteiger partial charge < -0.3 is 19.2 Å². The molecule has 2 aromatic carbocycles. The van der Waals surface area contributed by atoms with Crippen LogP contribution >= 0.6 is 23.2 Å². The van der Waals surface area contributed by atoms with Crippen LogP contribution in [0, 0.1) is 0 Å². The number of nitrogens with zero attached hydrogens (tertiary/aromatic N) is 3. The van der Waals surface area contributed by atoms with Gasteiger partial charge in [0.05, 0.1) is 41.3 Å². The maximum atomic E-state index is 9.56. The van der Waals surface area contributed by atoms with Crippen molar-refractivity contribution in [1.82, 2.24) is 14.9 Å². The average Bonchev–Trinajstić information content (AvgIpc) is 3.05. The summed E-state index contributed by atoms with van der Waals surface area (Å²) < 4.78 is 18.0. The molecule has 0 spiro atoms. The number of halogens is 2. The summed E-state index contributed by atoms with van der Waals surface area (Å²) in [6.07, 6.45) is 1.41. The highest BCUT2D eigenvalue weighted by Gasteiger charge is 2.52. The summed E-state index contributed by atoms with van der Waals surface area (Å²) in [5, 5.41) is 10.6. The lowest BCUT2D eigenvalue weighted by molar-refractivity contribution is -0.00403. The molecular weight excluding hydrogens is 512 g/mol. The fraction of sp³-hybridized carbons (Fsp3) is 0.407. The first-order valence-electron chi connectivity index (χ1n) is 12.2. The van der Waals surface area contributed by atoms with Crippen LogP contribution in [0.4, 0.5) is 0 Å². The van der Waals surface area contributed by atoms with E-state index in [2.05, 4.69) is 9.88 Å². The summed E-state index contributed by atoms with van der Waals surface area (Å²) in [5.74, 6) is 0.432. The van der Waals surface area contributed by atoms with E-state index in [9.17, 15) is 5.11 Å². The molecule has 0 unspecified atom stereocenters. The fourth-order valence-electron chi connectivity index (χ4n) is 4.53. The normalized spacial score (nSPS) is 19.2. The maximum absolute atomic E-state index is 9.56. The first-order valence-corrected chi connectivity index (χ1v) is 13.0. The van der Waals surface area contributed by atoms with E-state index < -0.39 is 18.3 Å². The van der Waals surface area contributed by atoms with Gasteiger partial charge in [0, 0.05) is 46.8 Å². The van der Waals surface area contributed by atoms with Gasteiger partial charge in [-0.05, 0) is 27.7 Å². The maximum Gasteiger partial charge on any atom is 0.496 e. The van der Waals surface area contributed by atoms with Crippen LogP contribution < -0.4 is 10.2 Å². The van der Waals surface area contributed by atoms with Crippen LogP contribution in [-0.4, -0.2) is 64.6 Å². The van der Waals surface area contributed by atoms with Crippen molar-refractivity contribution in [3.05, 3.63) is 58.3 Å². The summed E-state index contributed by atoms with van der Waals surface area (Å²) in [4.78, 5) is 11.4. The Balaban J connectivity index is 1.48. The molecule has 1 N–H and O–H groups in total. The van der Waals surface area contributed by atoms with Crippen molar-refractivity contribution in [2.24, 2.45) is 0 Å². The van der Waals surface area contributed by atoms with E-state index in [1.807, 2.05) is 64.1 Å². The predicted octanol–water partition coefficient (Wildman–Crippen LogP) is 4.60. The van der Waals surface area contributed by atoms with E-state index >= 15 is 0 Å². The van der Waals surface area contributed by atoms with E-state index in [4.69, 9.17) is 42.2 Å². The van der Waals surface area contributed by atoms with Gasteiger partial charge in [-0.1, -0.05) is 59.6 Å². The summed E-state index contributed by atoms with van der Waals surface area (Å²) in [6.45, 7) is 9.84. The highest BCUT2D eigenvalue weighted by molar-refractivity contribution is 6.66. The number of likely N-dealkylation sites (tertiary alicyclic amines) is 1. The van der Waals surface area contributed by atoms with Crippen molar-refractivity contribution in [2.45, 2.75) is 51.5 Å². The van der Waals surface area contributed by atoms with Gasteiger partial charge in [-0.15, -0.1) is 0 Å². The molecule has 2 aliphatic rings. The van der Waals surface area contributed by atoms with Crippen LogP contribution in [0.5, 0.6) is 5.88 Å². The number of aliphatic hydroxyl groups excluding tert-OH is 1. The molecule has 10 heteroatoms. The first kappa shape index (κ1) is 26.4. The van der Waals surface area contributed by atoms with Gasteiger partial charge in [0.25, 0.3) is 0 Å². The second kappa shape index (κ2) is 9.84. The number of aromatic nitrogens is 2. The molecule has 2 fully saturated rings. The second-order valence-electron chi connectivity index (χ2n) is 10.5. The molecule has 1 aromatic heterocycles. The third-order valence-corrected chi connectivity index (χ3v) is 8.25. The van der Waals surface area contributed by atoms with Gasteiger partial charge in [-0.25, -0.2) is 4.98 Å². The third-order valence-electron chi connectivity index (χ3n) is 7.42. The fourth-order valence-corrected chi connectivity index (χ4v) is 5.17. The predicted molar refractivity (Wildman–Crippen MR) is 146 cm³/mol. The Morgan fingerprint density at radius 1 is 1.00 bits per heavy atom. The van der Waals surface area contributed by atoms with Crippen molar-refractivity contribution in [3.63, 3.8) is 0 Å². The molecule has 194 valence electrons. The van der Waals surface area contributed by atoms with Crippen LogP contribution in [-0.2, 0) is 15.9 Å². The lowest BCUT2D eigenvalue weighted by Gasteiger charge is -2.35. The molecule has 0 radical (unpaired) electrons. The summed E-state index contributed by atoms with van der Waals surface area (Å²) in [5.41, 5.74) is 3.35. The van der Waals surface area contributed by atoms with E-state index in [0.29, 0.717) is 52.5 Å². The Morgan fingerprint density at radius 3 is 2.22 bits per heavy atom. The minimum atomic E-state index is -0.588. The lowest BCUT2D eigenvalue weighted by Crippen LogP contribution is -2.50. The van der Waals surface area contributed by atoms with Crippen LogP contribution in [0.2, 0.25) is 10.0 Å². The molecular formula is C27H30BCl2N3O4. The number of β-amino-alcohol motifs (C(OH)–C–C–N with tert-alkyl or cyclic N) is 1. The van der Waals surface area contributed by atoms with Gasteiger partial charge in [-0.2, -0.15) is 0 Å². The van der Waals surface area contributed by atoms with E-state index in [1.54, 1.807) is 13.3 Å². The monoisotopic (exact) mass is 541 g/mol. The minimum absolute atomic E-state index is 0.283. The molecule has 5 rings (SSSR count). The smallest absolute Gasteiger partial charge is 0.480 e. The summed E-state index contributed by atoms with van der Waals surface area (Å²) in [6, 6.07) is 11.5. The number of rotatable bonds is 6. The number of hydrogen-bond acceptors (Lipinski definition) is 7. The van der Waals surface area contributed by atoms with Crippen molar-refractivity contribution in [3.8, 4) is 28.3 Å². The number of aliphatic hydroxyl groups is 1. The van der Waals surface area contributed by atoms with Crippen LogP contribution in [0.25, 0.3) is 22.4 Å². The highest BCUT2D eigenvalue weighted by atomic mass is 35.5. The minimum Gasteiger partial charge on any atom is -0.480 e. The number of benzene rings is 2. The molecule has 0 bridgehead atoms. The summed E-state index contributed by atoms with van der Waals surface area (Å²) in [7, 11) is 0.982. The second-order valence-corrected chi connectivity index (χ2v) is 11.3. The first-order chi connectivity index (χ1) is 17.5. The molecule has 0 aliphatic carbocycles. The van der Waals surface area contributed by atoms with Gasteiger partial charge in [0.1, 0.15) is 5.69 Å². The van der Waals surface area contributed by atoms with Crippen molar-refractivity contribution < 1.29 is 19.2 Å². The standard InChI is InChI=1S/C27H30BCl2N3O4/c1-26(2)27(3,4)37-28(36-26)20-11-7-9-18(24(20)30)17-8-6-10-19(23(17)29)21-12-31-22(25(32-21)35-5)15-33-13-16(34)14-33/h6-12,16,34H,13-15H2,1-5H3.